The maximum atomic E-state index is 13.6. The zero-order chi connectivity index (χ0) is 14.4. The van der Waals surface area contributed by atoms with Crippen LogP contribution in [0, 0.1) is 34.2 Å². The molecule has 0 aliphatic rings. The zero-order valence-electron chi connectivity index (χ0n) is 10.6. The highest BCUT2D eigenvalue weighted by molar-refractivity contribution is 5.45. The Labute approximate surface area is 109 Å². The highest BCUT2D eigenvalue weighted by atomic mass is 19.1. The highest BCUT2D eigenvalue weighted by Crippen LogP contribution is 2.26. The second-order valence-corrected chi connectivity index (χ2v) is 3.88. The van der Waals surface area contributed by atoms with Gasteiger partial charge in [0.1, 0.15) is 12.6 Å². The molecule has 1 aromatic rings. The van der Waals surface area contributed by atoms with E-state index in [2.05, 4.69) is 5.32 Å². The molecular formula is C12H14FN3O3. The van der Waals surface area contributed by atoms with Crippen molar-refractivity contribution in [2.45, 2.75) is 19.9 Å². The molecule has 0 amide bonds. The van der Waals surface area contributed by atoms with Crippen LogP contribution in [-0.2, 0) is 0 Å². The summed E-state index contributed by atoms with van der Waals surface area (Å²) in [5.74, 6) is -0.910. The maximum Gasteiger partial charge on any atom is 0.275 e. The monoisotopic (exact) mass is 267 g/mol. The molecule has 0 aromatic heterocycles. The van der Waals surface area contributed by atoms with Gasteiger partial charge >= 0.3 is 0 Å². The summed E-state index contributed by atoms with van der Waals surface area (Å²) in [6.45, 7) is 3.89. The number of nitro benzene ring substituents is 1. The van der Waals surface area contributed by atoms with Gasteiger partial charge in [-0.15, -0.1) is 0 Å². The molecule has 1 aromatic carbocycles. The number of nitrogens with one attached hydrogen (secondary N) is 1. The first-order chi connectivity index (χ1) is 8.99. The molecule has 0 bridgehead atoms. The Kier molecular flexibility index (Phi) is 5.21. The zero-order valence-corrected chi connectivity index (χ0v) is 10.6. The second-order valence-electron chi connectivity index (χ2n) is 3.88. The van der Waals surface area contributed by atoms with E-state index in [1.165, 1.54) is 13.0 Å². The first-order valence-electron chi connectivity index (χ1n) is 5.70. The van der Waals surface area contributed by atoms with Gasteiger partial charge in [0.05, 0.1) is 17.1 Å². The molecule has 1 rings (SSSR count). The lowest BCUT2D eigenvalue weighted by molar-refractivity contribution is -0.385. The van der Waals surface area contributed by atoms with Crippen molar-refractivity contribution >= 4 is 5.69 Å². The third-order valence-electron chi connectivity index (χ3n) is 2.46. The Bertz CT molecular complexity index is 514. The van der Waals surface area contributed by atoms with E-state index >= 15 is 0 Å². The lowest BCUT2D eigenvalue weighted by Gasteiger charge is -2.12. The van der Waals surface area contributed by atoms with E-state index in [1.54, 1.807) is 0 Å². The number of hydrogen-bond donors (Lipinski definition) is 1. The quantitative estimate of drug-likeness (QED) is 0.628. The van der Waals surface area contributed by atoms with Crippen molar-refractivity contribution in [3.8, 4) is 11.8 Å². The number of aryl methyl sites for hydroxylation is 1. The van der Waals surface area contributed by atoms with E-state index in [4.69, 9.17) is 10.00 Å². The van der Waals surface area contributed by atoms with Crippen molar-refractivity contribution in [3.63, 3.8) is 0 Å². The number of likely N-dealkylation sites (N-methyl/N-ethyl adjacent to an activating group) is 1. The third-order valence-corrected chi connectivity index (χ3v) is 2.46. The number of nitriles is 1. The SMILES string of the molecule is CCNC(C#N)COc1cc(C)c([N+](=O)[O-])cc1F. The molecule has 1 atom stereocenters. The van der Waals surface area contributed by atoms with Crippen molar-refractivity contribution < 1.29 is 14.1 Å². The Morgan fingerprint density at radius 2 is 2.32 bits per heavy atom. The Balaban J connectivity index is 2.83. The van der Waals surface area contributed by atoms with Crippen molar-refractivity contribution in [2.24, 2.45) is 0 Å². The van der Waals surface area contributed by atoms with Crippen LogP contribution in [0.2, 0.25) is 0 Å². The van der Waals surface area contributed by atoms with E-state index in [1.807, 2.05) is 13.0 Å². The minimum atomic E-state index is -0.814. The number of benzene rings is 1. The van der Waals surface area contributed by atoms with Gasteiger partial charge in [0.2, 0.25) is 0 Å². The van der Waals surface area contributed by atoms with Crippen molar-refractivity contribution in [1.82, 2.24) is 5.32 Å². The summed E-state index contributed by atoms with van der Waals surface area (Å²) in [5.41, 5.74) is 0.00623. The van der Waals surface area contributed by atoms with Crippen LogP contribution in [0.25, 0.3) is 0 Å². The molecule has 0 spiro atoms. The lowest BCUT2D eigenvalue weighted by atomic mass is 10.2. The Morgan fingerprint density at radius 1 is 1.63 bits per heavy atom. The minimum Gasteiger partial charge on any atom is -0.488 e. The molecule has 0 radical (unpaired) electrons. The minimum absolute atomic E-state index is 0.0293. The number of ether oxygens (including phenoxy) is 1. The van der Waals surface area contributed by atoms with E-state index < -0.39 is 16.8 Å². The molecule has 6 nitrogen and oxygen atoms in total. The summed E-state index contributed by atoms with van der Waals surface area (Å²) in [6.07, 6.45) is 0. The number of rotatable bonds is 6. The molecule has 0 fully saturated rings. The van der Waals surface area contributed by atoms with Gasteiger partial charge in [0.25, 0.3) is 5.69 Å². The van der Waals surface area contributed by atoms with Crippen LogP contribution < -0.4 is 10.1 Å². The van der Waals surface area contributed by atoms with Gasteiger partial charge in [-0.25, -0.2) is 4.39 Å². The molecule has 0 heterocycles. The van der Waals surface area contributed by atoms with Crippen LogP contribution in [0.5, 0.6) is 5.75 Å². The third kappa shape index (κ3) is 3.89. The Hall–Kier alpha value is -2.20. The first-order valence-corrected chi connectivity index (χ1v) is 5.70. The van der Waals surface area contributed by atoms with E-state index in [0.717, 1.165) is 6.07 Å². The molecular weight excluding hydrogens is 253 g/mol. The number of hydrogen-bond acceptors (Lipinski definition) is 5. The Morgan fingerprint density at radius 3 is 2.84 bits per heavy atom. The molecule has 0 aliphatic carbocycles. The molecule has 19 heavy (non-hydrogen) atoms. The van der Waals surface area contributed by atoms with E-state index in [0.29, 0.717) is 12.1 Å². The van der Waals surface area contributed by atoms with E-state index in [-0.39, 0.29) is 18.0 Å². The van der Waals surface area contributed by atoms with Crippen LogP contribution in [0.15, 0.2) is 12.1 Å². The van der Waals surface area contributed by atoms with Gasteiger partial charge in [-0.05, 0) is 19.5 Å². The molecule has 0 saturated heterocycles. The fourth-order valence-corrected chi connectivity index (χ4v) is 1.51. The largest absolute Gasteiger partial charge is 0.488 e. The van der Waals surface area contributed by atoms with Gasteiger partial charge in [-0.1, -0.05) is 6.92 Å². The van der Waals surface area contributed by atoms with Gasteiger partial charge in [-0.3, -0.25) is 15.4 Å². The molecule has 1 N–H and O–H groups in total. The van der Waals surface area contributed by atoms with E-state index in [9.17, 15) is 14.5 Å². The van der Waals surface area contributed by atoms with Crippen molar-refractivity contribution in [1.29, 1.82) is 5.26 Å². The predicted molar refractivity (Wildman–Crippen MR) is 66.4 cm³/mol. The lowest BCUT2D eigenvalue weighted by Crippen LogP contribution is -2.33. The summed E-state index contributed by atoms with van der Waals surface area (Å²) in [6, 6.07) is 3.49. The fourth-order valence-electron chi connectivity index (χ4n) is 1.51. The predicted octanol–water partition coefficient (Wildman–Crippen LogP) is 1.92. The number of nitrogens with zero attached hydrogens (tertiary/aromatic N) is 2. The molecule has 0 aliphatic heterocycles. The van der Waals surface area contributed by atoms with Crippen LogP contribution in [0.4, 0.5) is 10.1 Å². The molecule has 7 heteroatoms. The van der Waals surface area contributed by atoms with Gasteiger partial charge < -0.3 is 4.74 Å². The summed E-state index contributed by atoms with van der Waals surface area (Å²) >= 11 is 0. The summed E-state index contributed by atoms with van der Waals surface area (Å²) < 4.78 is 18.8. The van der Waals surface area contributed by atoms with Crippen LogP contribution >= 0.6 is 0 Å². The maximum absolute atomic E-state index is 13.6. The normalized spacial score (nSPS) is 11.7. The average molecular weight is 267 g/mol. The molecule has 0 saturated carbocycles. The highest BCUT2D eigenvalue weighted by Gasteiger charge is 2.17. The van der Waals surface area contributed by atoms with Gasteiger partial charge in [-0.2, -0.15) is 5.26 Å². The topological polar surface area (TPSA) is 88.2 Å². The summed E-state index contributed by atoms with van der Waals surface area (Å²) in [7, 11) is 0. The smallest absolute Gasteiger partial charge is 0.275 e. The number of nitro groups is 1. The van der Waals surface area contributed by atoms with Crippen molar-refractivity contribution in [3.05, 3.63) is 33.6 Å². The fraction of sp³-hybridized carbons (Fsp3) is 0.417. The second kappa shape index (κ2) is 6.66. The molecule has 102 valence electrons. The van der Waals surface area contributed by atoms with Crippen LogP contribution in [-0.4, -0.2) is 24.1 Å². The van der Waals surface area contributed by atoms with Crippen LogP contribution in [0.1, 0.15) is 12.5 Å². The molecule has 1 unspecified atom stereocenters. The van der Waals surface area contributed by atoms with Crippen LogP contribution in [0.3, 0.4) is 0 Å². The summed E-state index contributed by atoms with van der Waals surface area (Å²) in [5, 5.41) is 22.3. The average Bonchev–Trinajstić information content (AvgIpc) is 2.37. The first kappa shape index (κ1) is 14.9. The van der Waals surface area contributed by atoms with Gasteiger partial charge in [0, 0.05) is 5.56 Å². The van der Waals surface area contributed by atoms with Gasteiger partial charge in [0.15, 0.2) is 11.6 Å². The van der Waals surface area contributed by atoms with Crippen molar-refractivity contribution in [2.75, 3.05) is 13.2 Å². The summed E-state index contributed by atoms with van der Waals surface area (Å²) in [4.78, 5) is 9.97. The number of halogens is 1. The standard InChI is InChI=1S/C12H14FN3O3/c1-3-15-9(6-14)7-19-12-4-8(2)11(16(17)18)5-10(12)13/h4-5,9,15H,3,7H2,1-2H3.